The molecule has 2 nitrogen and oxygen atoms in total. The van der Waals surface area contributed by atoms with Crippen molar-refractivity contribution in [2.45, 2.75) is 27.7 Å². The number of hydrogen-bond acceptors (Lipinski definition) is 2. The maximum absolute atomic E-state index is 4.66. The maximum Gasteiger partial charge on any atom is 0.328 e. The summed E-state index contributed by atoms with van der Waals surface area (Å²) in [5.74, 6) is 0. The Morgan fingerprint density at radius 1 is 0.694 bits per heavy atom. The summed E-state index contributed by atoms with van der Waals surface area (Å²) >= 11 is 0. The monoisotopic (exact) mass is 464 g/mol. The lowest BCUT2D eigenvalue weighted by molar-refractivity contribution is 0.743. The van der Waals surface area contributed by atoms with E-state index >= 15 is 0 Å². The van der Waals surface area contributed by atoms with Gasteiger partial charge in [0.15, 0.2) is 0 Å². The fraction of sp³-hybridized carbons (Fsp3) is 0.121. The van der Waals surface area contributed by atoms with E-state index in [0.29, 0.717) is 0 Å². The average Bonchev–Trinajstić information content (AvgIpc) is 2.89. The predicted octanol–water partition coefficient (Wildman–Crippen LogP) is 6.11. The molecular formula is C33H29BN2. The highest BCUT2D eigenvalue weighted by Crippen LogP contribution is 2.39. The maximum atomic E-state index is 4.66. The van der Waals surface area contributed by atoms with Crippen molar-refractivity contribution in [1.82, 2.24) is 9.79 Å². The number of allylic oxidation sites excluding steroid dienone is 3. The van der Waals surface area contributed by atoms with Crippen molar-refractivity contribution in [3.8, 4) is 0 Å². The van der Waals surface area contributed by atoms with E-state index in [1.54, 1.807) is 0 Å². The van der Waals surface area contributed by atoms with Gasteiger partial charge in [0.1, 0.15) is 0 Å². The minimum Gasteiger partial charge on any atom is -0.382 e. The van der Waals surface area contributed by atoms with E-state index in [4.69, 9.17) is 0 Å². The number of rotatable bonds is 3. The zero-order chi connectivity index (χ0) is 24.8. The Bertz CT molecular complexity index is 1540. The van der Waals surface area contributed by atoms with Crippen LogP contribution < -0.4 is 10.9 Å². The summed E-state index contributed by atoms with van der Waals surface area (Å²) in [4.78, 5) is 7.14. The molecule has 0 saturated carbocycles. The van der Waals surface area contributed by atoms with Crippen molar-refractivity contribution in [3.63, 3.8) is 0 Å². The van der Waals surface area contributed by atoms with Gasteiger partial charge >= 0.3 is 6.85 Å². The first-order valence-corrected chi connectivity index (χ1v) is 12.6. The standard InChI is InChI=1S/C33H29BN2/c1-22-11-9-12-23(2)31(22)32-27-15-5-6-16-28(27)34(33-24(3)13-10-14-25(33)4)36-20-18-26(21-30(32)36)29-17-7-8-19-35-29/h5-21H,1-4H3. The fourth-order valence-corrected chi connectivity index (χ4v) is 5.91. The highest BCUT2D eigenvalue weighted by Gasteiger charge is 2.39. The molecule has 174 valence electrons. The third-order valence-corrected chi connectivity index (χ3v) is 7.55. The van der Waals surface area contributed by atoms with Gasteiger partial charge in [-0.2, -0.15) is 0 Å². The molecular weight excluding hydrogens is 435 g/mol. The van der Waals surface area contributed by atoms with E-state index in [-0.39, 0.29) is 6.85 Å². The molecule has 2 aliphatic rings. The molecule has 0 unspecified atom stereocenters. The quantitative estimate of drug-likeness (QED) is 0.340. The summed E-state index contributed by atoms with van der Waals surface area (Å²) in [5, 5.41) is 0. The first-order chi connectivity index (χ1) is 17.5. The molecule has 0 amide bonds. The Balaban J connectivity index is 1.70. The number of aromatic nitrogens is 1. The number of aryl methyl sites for hydroxylation is 4. The zero-order valence-corrected chi connectivity index (χ0v) is 21.3. The van der Waals surface area contributed by atoms with E-state index in [1.165, 1.54) is 55.6 Å². The zero-order valence-electron chi connectivity index (χ0n) is 21.3. The van der Waals surface area contributed by atoms with Crippen LogP contribution in [0.4, 0.5) is 0 Å². The van der Waals surface area contributed by atoms with Crippen LogP contribution >= 0.6 is 0 Å². The van der Waals surface area contributed by atoms with Crippen molar-refractivity contribution in [2.24, 2.45) is 0 Å². The van der Waals surface area contributed by atoms with Crippen LogP contribution in [0.5, 0.6) is 0 Å². The summed E-state index contributed by atoms with van der Waals surface area (Å²) in [5.41, 5.74) is 15.2. The van der Waals surface area contributed by atoms with Gasteiger partial charge < -0.3 is 4.81 Å². The molecule has 0 aliphatic carbocycles. The second-order valence-electron chi connectivity index (χ2n) is 9.86. The number of nitrogens with zero attached hydrogens (tertiary/aromatic N) is 2. The summed E-state index contributed by atoms with van der Waals surface area (Å²) in [6.45, 7) is 9.02. The molecule has 6 rings (SSSR count). The Morgan fingerprint density at radius 2 is 1.36 bits per heavy atom. The Labute approximate surface area is 214 Å². The Morgan fingerprint density at radius 3 is 2.06 bits per heavy atom. The van der Waals surface area contributed by atoms with Crippen molar-refractivity contribution in [2.75, 3.05) is 0 Å². The normalized spacial score (nSPS) is 14.5. The lowest BCUT2D eigenvalue weighted by Crippen LogP contribution is -2.58. The van der Waals surface area contributed by atoms with Crippen LogP contribution in [0.2, 0.25) is 0 Å². The molecule has 0 N–H and O–H groups in total. The number of fused-ring (bicyclic) bond motifs is 2. The van der Waals surface area contributed by atoms with Gasteiger partial charge in [-0.3, -0.25) is 4.98 Å². The van der Waals surface area contributed by atoms with Crippen LogP contribution in [0.3, 0.4) is 0 Å². The first-order valence-electron chi connectivity index (χ1n) is 12.6. The Kier molecular flexibility index (Phi) is 5.49. The van der Waals surface area contributed by atoms with Crippen molar-refractivity contribution in [3.05, 3.63) is 148 Å². The van der Waals surface area contributed by atoms with Crippen LogP contribution in [0, 0.1) is 27.7 Å². The van der Waals surface area contributed by atoms with Crippen LogP contribution in [-0.4, -0.2) is 16.6 Å². The second kappa shape index (κ2) is 8.84. The lowest BCUT2D eigenvalue weighted by Gasteiger charge is -2.40. The van der Waals surface area contributed by atoms with Crippen LogP contribution in [0.15, 0.2) is 109 Å². The molecule has 2 aliphatic heterocycles. The molecule has 0 spiro atoms. The van der Waals surface area contributed by atoms with Gasteiger partial charge in [-0.05, 0) is 91.4 Å². The third-order valence-electron chi connectivity index (χ3n) is 7.55. The molecule has 0 bridgehead atoms. The van der Waals surface area contributed by atoms with E-state index < -0.39 is 0 Å². The molecule has 1 aromatic heterocycles. The minimum atomic E-state index is 0.100. The van der Waals surface area contributed by atoms with Crippen LogP contribution in [0.25, 0.3) is 11.1 Å². The van der Waals surface area contributed by atoms with Gasteiger partial charge in [0.2, 0.25) is 0 Å². The smallest absolute Gasteiger partial charge is 0.328 e. The molecule has 3 heterocycles. The van der Waals surface area contributed by atoms with E-state index in [1.807, 2.05) is 12.3 Å². The molecule has 3 heteroatoms. The largest absolute Gasteiger partial charge is 0.382 e. The fourth-order valence-electron chi connectivity index (χ4n) is 5.91. The van der Waals surface area contributed by atoms with Gasteiger partial charge in [-0.1, -0.05) is 77.9 Å². The van der Waals surface area contributed by atoms with Gasteiger partial charge in [-0.25, -0.2) is 0 Å². The van der Waals surface area contributed by atoms with Gasteiger partial charge in [-0.15, -0.1) is 0 Å². The van der Waals surface area contributed by atoms with E-state index in [0.717, 1.165) is 11.3 Å². The SMILES string of the molecule is Cc1cccc(C)c1B1c2ccccc2C(c2c(C)cccc2C)=C2C=C(c3ccccn3)C=CN12. The lowest BCUT2D eigenvalue weighted by atomic mass is 9.44. The molecule has 0 radical (unpaired) electrons. The van der Waals surface area contributed by atoms with Crippen molar-refractivity contribution >= 4 is 28.9 Å². The highest BCUT2D eigenvalue weighted by atomic mass is 15.1. The van der Waals surface area contributed by atoms with Crippen molar-refractivity contribution < 1.29 is 0 Å². The third kappa shape index (κ3) is 3.55. The minimum absolute atomic E-state index is 0.100. The van der Waals surface area contributed by atoms with E-state index in [2.05, 4.69) is 129 Å². The van der Waals surface area contributed by atoms with Crippen LogP contribution in [-0.2, 0) is 0 Å². The molecule has 0 atom stereocenters. The molecule has 36 heavy (non-hydrogen) atoms. The summed E-state index contributed by atoms with van der Waals surface area (Å²) in [6, 6.07) is 28.3. The molecule has 4 aromatic rings. The number of benzene rings is 3. The summed E-state index contributed by atoms with van der Waals surface area (Å²) in [7, 11) is 0. The number of hydrogen-bond donors (Lipinski definition) is 0. The van der Waals surface area contributed by atoms with E-state index in [9.17, 15) is 0 Å². The topological polar surface area (TPSA) is 16.1 Å². The second-order valence-corrected chi connectivity index (χ2v) is 9.86. The van der Waals surface area contributed by atoms with Crippen molar-refractivity contribution in [1.29, 1.82) is 0 Å². The summed E-state index contributed by atoms with van der Waals surface area (Å²) < 4.78 is 0. The number of pyridine rings is 1. The van der Waals surface area contributed by atoms with Crippen LogP contribution in [0.1, 0.15) is 39.1 Å². The van der Waals surface area contributed by atoms with Gasteiger partial charge in [0, 0.05) is 23.0 Å². The molecule has 3 aromatic carbocycles. The van der Waals surface area contributed by atoms with Gasteiger partial charge in [0.05, 0.1) is 5.69 Å². The average molecular weight is 464 g/mol. The molecule has 0 saturated heterocycles. The van der Waals surface area contributed by atoms with Gasteiger partial charge in [0.25, 0.3) is 0 Å². The first kappa shape index (κ1) is 22.4. The Hall–Kier alpha value is -4.11. The predicted molar refractivity (Wildman–Crippen MR) is 153 cm³/mol. The summed E-state index contributed by atoms with van der Waals surface area (Å²) in [6.07, 6.45) is 8.68. The highest BCUT2D eigenvalue weighted by molar-refractivity contribution is 6.85. The molecule has 0 fully saturated rings.